The summed E-state index contributed by atoms with van der Waals surface area (Å²) in [5.41, 5.74) is 1.98. The van der Waals surface area contributed by atoms with Gasteiger partial charge in [0.2, 0.25) is 0 Å². The van der Waals surface area contributed by atoms with E-state index in [1.807, 2.05) is 44.7 Å². The topological polar surface area (TPSA) is 64.7 Å². The van der Waals surface area contributed by atoms with Gasteiger partial charge < -0.3 is 20.4 Å². The Kier molecular flexibility index (Phi) is 8.86. The van der Waals surface area contributed by atoms with Gasteiger partial charge in [-0.1, -0.05) is 18.2 Å². The molecule has 29 heavy (non-hydrogen) atoms. The van der Waals surface area contributed by atoms with Crippen LogP contribution in [-0.2, 0) is 0 Å². The molecular formula is C22H30N4O2S. The van der Waals surface area contributed by atoms with E-state index in [0.29, 0.717) is 28.8 Å². The Labute approximate surface area is 178 Å². The second-order valence-electron chi connectivity index (χ2n) is 6.86. The van der Waals surface area contributed by atoms with Gasteiger partial charge in [-0.3, -0.25) is 9.59 Å². The first-order valence-corrected chi connectivity index (χ1v) is 10.3. The molecule has 156 valence electrons. The Bertz CT molecular complexity index is 869. The number of hydrogen-bond acceptors (Lipinski definition) is 6. The lowest BCUT2D eigenvalue weighted by Gasteiger charge is -2.19. The van der Waals surface area contributed by atoms with Crippen molar-refractivity contribution in [2.75, 3.05) is 51.8 Å². The first-order chi connectivity index (χ1) is 14.0. The van der Waals surface area contributed by atoms with Crippen LogP contribution in [0.1, 0.15) is 27.1 Å². The number of thiol groups is 1. The van der Waals surface area contributed by atoms with E-state index in [9.17, 15) is 9.59 Å². The minimum absolute atomic E-state index is 0.108. The molecule has 2 N–H and O–H groups in total. The maximum Gasteiger partial charge on any atom is 0.254 e. The average molecular weight is 415 g/mol. The quantitative estimate of drug-likeness (QED) is 0.300. The van der Waals surface area contributed by atoms with Gasteiger partial charge in [0.15, 0.2) is 6.29 Å². The van der Waals surface area contributed by atoms with Crippen molar-refractivity contribution in [1.29, 1.82) is 0 Å². The molecule has 0 atom stereocenters. The van der Waals surface area contributed by atoms with Crippen LogP contribution in [0, 0.1) is 0 Å². The third kappa shape index (κ3) is 5.90. The van der Waals surface area contributed by atoms with Gasteiger partial charge in [-0.15, -0.1) is 0 Å². The average Bonchev–Trinajstić information content (AvgIpc) is 2.74. The lowest BCUT2D eigenvalue weighted by Crippen LogP contribution is -2.28. The van der Waals surface area contributed by atoms with Gasteiger partial charge in [0, 0.05) is 86.5 Å². The molecule has 0 radical (unpaired) electrons. The predicted molar refractivity (Wildman–Crippen MR) is 124 cm³/mol. The van der Waals surface area contributed by atoms with Crippen molar-refractivity contribution >= 4 is 41.3 Å². The number of benzene rings is 2. The van der Waals surface area contributed by atoms with Crippen molar-refractivity contribution in [3.8, 4) is 0 Å². The van der Waals surface area contributed by atoms with E-state index < -0.39 is 0 Å². The largest absolute Gasteiger partial charge is 0.393 e. The summed E-state index contributed by atoms with van der Waals surface area (Å²) < 4.78 is 0. The molecule has 0 saturated carbocycles. The molecule has 0 unspecified atom stereocenters. The molecule has 2 aromatic rings. The van der Waals surface area contributed by atoms with Crippen molar-refractivity contribution in [1.82, 2.24) is 15.1 Å². The number of carbonyl (C=O) groups excluding carboxylic acids is 2. The monoisotopic (exact) mass is 414 g/mol. The molecule has 0 aromatic heterocycles. The molecule has 2 rings (SSSR count). The van der Waals surface area contributed by atoms with Crippen LogP contribution in [0.5, 0.6) is 0 Å². The number of nitrogens with zero attached hydrogens (tertiary/aromatic N) is 2. The van der Waals surface area contributed by atoms with Gasteiger partial charge in [-0.25, -0.2) is 0 Å². The molecule has 0 fully saturated rings. The third-order valence-electron chi connectivity index (χ3n) is 4.71. The normalized spacial score (nSPS) is 10.9. The molecular weight excluding hydrogens is 384 g/mol. The maximum absolute atomic E-state index is 12.9. The molecule has 0 aliphatic rings. The SMILES string of the molecule is CN/C=C\N(C)CCCNc1ccc(C(=O)N(C)CCS)c2c(C=O)cccc12. The summed E-state index contributed by atoms with van der Waals surface area (Å²) in [7, 11) is 5.65. The predicted octanol–water partition coefficient (Wildman–Crippen LogP) is 3.08. The number of rotatable bonds is 11. The summed E-state index contributed by atoms with van der Waals surface area (Å²) in [4.78, 5) is 28.3. The molecule has 2 aromatic carbocycles. The van der Waals surface area contributed by atoms with Gasteiger partial charge >= 0.3 is 0 Å². The highest BCUT2D eigenvalue weighted by Gasteiger charge is 2.18. The fourth-order valence-corrected chi connectivity index (χ4v) is 3.45. The Hall–Kier alpha value is -2.67. The van der Waals surface area contributed by atoms with E-state index in [-0.39, 0.29) is 5.91 Å². The van der Waals surface area contributed by atoms with Crippen LogP contribution in [-0.4, -0.2) is 68.5 Å². The number of carbonyl (C=O) groups is 2. The summed E-state index contributed by atoms with van der Waals surface area (Å²) in [6.07, 6.45) is 5.64. The lowest BCUT2D eigenvalue weighted by atomic mass is 9.97. The number of hydrogen-bond donors (Lipinski definition) is 3. The van der Waals surface area contributed by atoms with E-state index in [0.717, 1.165) is 36.9 Å². The van der Waals surface area contributed by atoms with E-state index >= 15 is 0 Å². The van der Waals surface area contributed by atoms with Crippen LogP contribution < -0.4 is 10.6 Å². The minimum atomic E-state index is -0.108. The molecule has 0 spiro atoms. The van der Waals surface area contributed by atoms with Crippen molar-refractivity contribution < 1.29 is 9.59 Å². The van der Waals surface area contributed by atoms with Crippen molar-refractivity contribution in [2.45, 2.75) is 6.42 Å². The van der Waals surface area contributed by atoms with Crippen molar-refractivity contribution in [3.63, 3.8) is 0 Å². The van der Waals surface area contributed by atoms with E-state index in [4.69, 9.17) is 0 Å². The van der Waals surface area contributed by atoms with Crippen LogP contribution >= 0.6 is 12.6 Å². The molecule has 0 saturated heterocycles. The van der Waals surface area contributed by atoms with E-state index in [1.165, 1.54) is 0 Å². The van der Waals surface area contributed by atoms with Crippen LogP contribution in [0.15, 0.2) is 42.7 Å². The fraction of sp³-hybridized carbons (Fsp3) is 0.364. The summed E-state index contributed by atoms with van der Waals surface area (Å²) in [5.74, 6) is 0.473. The summed E-state index contributed by atoms with van der Waals surface area (Å²) in [6.45, 7) is 2.24. The Morgan fingerprint density at radius 1 is 1.17 bits per heavy atom. The number of anilines is 1. The zero-order valence-electron chi connectivity index (χ0n) is 17.3. The zero-order chi connectivity index (χ0) is 21.2. The van der Waals surface area contributed by atoms with Gasteiger partial charge in [-0.05, 0) is 18.6 Å². The van der Waals surface area contributed by atoms with Gasteiger partial charge in [0.05, 0.1) is 0 Å². The Balaban J connectivity index is 2.25. The van der Waals surface area contributed by atoms with E-state index in [2.05, 4.69) is 28.2 Å². The summed E-state index contributed by atoms with van der Waals surface area (Å²) in [6, 6.07) is 9.26. The molecule has 0 bridgehead atoms. The fourth-order valence-electron chi connectivity index (χ4n) is 3.15. The van der Waals surface area contributed by atoms with Crippen LogP contribution in [0.3, 0.4) is 0 Å². The highest BCUT2D eigenvalue weighted by molar-refractivity contribution is 7.80. The Morgan fingerprint density at radius 3 is 2.66 bits per heavy atom. The van der Waals surface area contributed by atoms with Gasteiger partial charge in [-0.2, -0.15) is 12.6 Å². The highest BCUT2D eigenvalue weighted by Crippen LogP contribution is 2.30. The lowest BCUT2D eigenvalue weighted by molar-refractivity contribution is 0.0805. The summed E-state index contributed by atoms with van der Waals surface area (Å²) in [5, 5.41) is 8.00. The van der Waals surface area contributed by atoms with Crippen LogP contribution in [0.4, 0.5) is 5.69 Å². The standard InChI is InChI=1S/C22H30N4O2S/c1-23-11-13-25(2)12-5-10-24-20-9-8-19(22(28)26(3)14-15-29)21-17(16-27)6-4-7-18(20)21/h4,6-9,11,13,16,23-24,29H,5,10,12,14-15H2,1-3H3/b13-11-. The molecule has 7 heteroatoms. The molecule has 0 aliphatic carbocycles. The molecule has 0 aliphatic heterocycles. The third-order valence-corrected chi connectivity index (χ3v) is 4.91. The second kappa shape index (κ2) is 11.4. The number of amides is 1. The summed E-state index contributed by atoms with van der Waals surface area (Å²) >= 11 is 4.20. The van der Waals surface area contributed by atoms with Gasteiger partial charge in [0.25, 0.3) is 5.91 Å². The van der Waals surface area contributed by atoms with Crippen LogP contribution in [0.2, 0.25) is 0 Å². The number of nitrogens with one attached hydrogen (secondary N) is 2. The molecule has 1 amide bonds. The van der Waals surface area contributed by atoms with Gasteiger partial charge in [0.1, 0.15) is 0 Å². The minimum Gasteiger partial charge on any atom is -0.393 e. The number of aldehydes is 1. The Morgan fingerprint density at radius 2 is 1.97 bits per heavy atom. The first-order valence-electron chi connectivity index (χ1n) is 9.68. The smallest absolute Gasteiger partial charge is 0.254 e. The van der Waals surface area contributed by atoms with Crippen molar-refractivity contribution in [2.24, 2.45) is 0 Å². The zero-order valence-corrected chi connectivity index (χ0v) is 18.2. The van der Waals surface area contributed by atoms with Crippen LogP contribution in [0.25, 0.3) is 10.8 Å². The van der Waals surface area contributed by atoms with Crippen molar-refractivity contribution in [3.05, 3.63) is 53.9 Å². The first kappa shape index (κ1) is 22.6. The molecule has 6 nitrogen and oxygen atoms in total. The maximum atomic E-state index is 12.9. The number of fused-ring (bicyclic) bond motifs is 1. The molecule has 0 heterocycles. The highest BCUT2D eigenvalue weighted by atomic mass is 32.1. The van der Waals surface area contributed by atoms with E-state index in [1.54, 1.807) is 24.1 Å². The second-order valence-corrected chi connectivity index (χ2v) is 7.31.